The van der Waals surface area contributed by atoms with Crippen LogP contribution >= 0.6 is 0 Å². The third-order valence-electron chi connectivity index (χ3n) is 15.4. The second-order valence-corrected chi connectivity index (χ2v) is 19.6. The monoisotopic (exact) mass is 954 g/mol. The first kappa shape index (κ1) is 42.7. The molecule has 2 aromatic heterocycles. The second kappa shape index (κ2) is 17.4. The van der Waals surface area contributed by atoms with Crippen molar-refractivity contribution in [2.45, 2.75) is 0 Å². The molecule has 0 unspecified atom stereocenters. The molecule has 0 saturated heterocycles. The van der Waals surface area contributed by atoms with Crippen LogP contribution in [0.1, 0.15) is 0 Å². The van der Waals surface area contributed by atoms with E-state index in [-0.39, 0.29) is 0 Å². The lowest BCUT2D eigenvalue weighted by Crippen LogP contribution is -2.09. The molecule has 15 aromatic rings. The largest absolute Gasteiger partial charge is 0.455 e. The van der Waals surface area contributed by atoms with E-state index in [9.17, 15) is 0 Å². The fraction of sp³-hybridized carbons (Fsp3) is 0. The first-order valence-corrected chi connectivity index (χ1v) is 25.7. The van der Waals surface area contributed by atoms with Gasteiger partial charge in [0.15, 0.2) is 0 Å². The van der Waals surface area contributed by atoms with Crippen molar-refractivity contribution >= 4 is 93.1 Å². The molecule has 0 aliphatic rings. The third-order valence-corrected chi connectivity index (χ3v) is 15.4. The molecule has 0 spiro atoms. The van der Waals surface area contributed by atoms with Gasteiger partial charge in [-0.25, -0.2) is 0 Å². The molecule has 0 bridgehead atoms. The molecule has 0 saturated carbocycles. The number of aromatic nitrogens is 1. The highest BCUT2D eigenvalue weighted by Gasteiger charge is 2.19. The summed E-state index contributed by atoms with van der Waals surface area (Å²) in [5, 5.41) is 12.1. The first-order chi connectivity index (χ1) is 37.2. The lowest BCUT2D eigenvalue weighted by Gasteiger charge is -2.26. The number of nitrogens with zero attached hydrogens (tertiary/aromatic N) is 2. The second-order valence-electron chi connectivity index (χ2n) is 19.6. The molecule has 0 N–H and O–H groups in total. The molecule has 0 radical (unpaired) electrons. The van der Waals surface area contributed by atoms with Crippen LogP contribution < -0.4 is 4.90 Å². The fourth-order valence-electron chi connectivity index (χ4n) is 11.8. The van der Waals surface area contributed by atoms with E-state index >= 15 is 0 Å². The van der Waals surface area contributed by atoms with E-state index in [2.05, 4.69) is 289 Å². The third kappa shape index (κ3) is 7.05. The van der Waals surface area contributed by atoms with Crippen LogP contribution in [0.3, 0.4) is 0 Å². The Morgan fingerprint density at radius 3 is 1.36 bits per heavy atom. The molecule has 3 heteroatoms. The van der Waals surface area contributed by atoms with Gasteiger partial charge in [0.2, 0.25) is 0 Å². The number of furan rings is 1. The summed E-state index contributed by atoms with van der Waals surface area (Å²) in [5.41, 5.74) is 17.8. The van der Waals surface area contributed by atoms with Crippen molar-refractivity contribution < 1.29 is 4.42 Å². The summed E-state index contributed by atoms with van der Waals surface area (Å²) in [6, 6.07) is 101. The summed E-state index contributed by atoms with van der Waals surface area (Å²) in [5.74, 6) is 0. The predicted molar refractivity (Wildman–Crippen MR) is 317 cm³/mol. The average molecular weight is 955 g/mol. The van der Waals surface area contributed by atoms with Crippen LogP contribution in [-0.4, -0.2) is 4.57 Å². The molecule has 15 rings (SSSR count). The minimum absolute atomic E-state index is 0.902. The number of fused-ring (bicyclic) bond motifs is 11. The Bertz CT molecular complexity index is 4620. The lowest BCUT2D eigenvalue weighted by molar-refractivity contribution is 0.674. The van der Waals surface area contributed by atoms with Crippen LogP contribution in [0.5, 0.6) is 0 Å². The van der Waals surface area contributed by atoms with Crippen LogP contribution in [0.15, 0.2) is 283 Å². The molecule has 0 aliphatic carbocycles. The number of hydrogen-bond donors (Lipinski definition) is 0. The SMILES string of the molecule is c1ccc(-n2c3ccccc3c3ccccc32)c(-c2ccc(N(c3ccc(-c4ccc(-c5cc6ccccc6c6ccccc56)cc4)cc3)c3ccc(-c4cccc5c4oc4c6ccccc6ccc54)cc3)cc2)c1. The van der Waals surface area contributed by atoms with E-state index in [1.165, 1.54) is 71.0 Å². The fourth-order valence-corrected chi connectivity index (χ4v) is 11.8. The summed E-state index contributed by atoms with van der Waals surface area (Å²) in [4.78, 5) is 2.36. The van der Waals surface area contributed by atoms with Crippen molar-refractivity contribution in [3.8, 4) is 50.2 Å². The van der Waals surface area contributed by atoms with Gasteiger partial charge in [-0.3, -0.25) is 0 Å². The van der Waals surface area contributed by atoms with Gasteiger partial charge in [0.1, 0.15) is 11.2 Å². The van der Waals surface area contributed by atoms with Gasteiger partial charge in [-0.15, -0.1) is 0 Å². The highest BCUT2D eigenvalue weighted by molar-refractivity contribution is 6.18. The molecule has 0 fully saturated rings. The highest BCUT2D eigenvalue weighted by atomic mass is 16.3. The van der Waals surface area contributed by atoms with Gasteiger partial charge in [-0.1, -0.05) is 212 Å². The average Bonchev–Trinajstić information content (AvgIpc) is 4.04. The van der Waals surface area contributed by atoms with E-state index in [1.54, 1.807) is 0 Å². The predicted octanol–water partition coefficient (Wildman–Crippen LogP) is 20.3. The maximum Gasteiger partial charge on any atom is 0.143 e. The molecular formula is C72H46N2O. The van der Waals surface area contributed by atoms with E-state index in [0.29, 0.717) is 0 Å². The summed E-state index contributed by atoms with van der Waals surface area (Å²) in [7, 11) is 0. The van der Waals surface area contributed by atoms with Crippen LogP contribution in [0.2, 0.25) is 0 Å². The van der Waals surface area contributed by atoms with Gasteiger partial charge < -0.3 is 13.9 Å². The van der Waals surface area contributed by atoms with Crippen LogP contribution in [0, 0.1) is 0 Å². The summed E-state index contributed by atoms with van der Waals surface area (Å²) < 4.78 is 9.20. The Morgan fingerprint density at radius 1 is 0.253 bits per heavy atom. The highest BCUT2D eigenvalue weighted by Crippen LogP contribution is 2.43. The maximum absolute atomic E-state index is 6.79. The van der Waals surface area contributed by atoms with Crippen molar-refractivity contribution in [2.75, 3.05) is 4.90 Å². The van der Waals surface area contributed by atoms with Crippen LogP contribution in [0.25, 0.3) is 126 Å². The molecule has 3 nitrogen and oxygen atoms in total. The Morgan fingerprint density at radius 2 is 0.693 bits per heavy atom. The minimum atomic E-state index is 0.902. The van der Waals surface area contributed by atoms with Crippen molar-refractivity contribution in [1.29, 1.82) is 0 Å². The molecule has 0 aliphatic heterocycles. The number of rotatable bonds is 8. The van der Waals surface area contributed by atoms with Crippen LogP contribution in [0.4, 0.5) is 17.1 Å². The molecule has 350 valence electrons. The number of benzene rings is 13. The van der Waals surface area contributed by atoms with Crippen molar-refractivity contribution in [1.82, 2.24) is 4.57 Å². The molecule has 0 atom stereocenters. The zero-order valence-electron chi connectivity index (χ0n) is 40.9. The maximum atomic E-state index is 6.79. The first-order valence-electron chi connectivity index (χ1n) is 25.7. The van der Waals surface area contributed by atoms with Gasteiger partial charge in [-0.05, 0) is 127 Å². The van der Waals surface area contributed by atoms with Gasteiger partial charge in [0.25, 0.3) is 0 Å². The smallest absolute Gasteiger partial charge is 0.143 e. The zero-order chi connectivity index (χ0) is 49.4. The molecule has 75 heavy (non-hydrogen) atoms. The Hall–Kier alpha value is -9.96. The molecule has 0 amide bonds. The zero-order valence-corrected chi connectivity index (χ0v) is 40.9. The molecule has 13 aromatic carbocycles. The summed E-state index contributed by atoms with van der Waals surface area (Å²) in [6.07, 6.45) is 0. The van der Waals surface area contributed by atoms with Gasteiger partial charge >= 0.3 is 0 Å². The molecular weight excluding hydrogens is 909 g/mol. The van der Waals surface area contributed by atoms with Crippen molar-refractivity contribution in [3.63, 3.8) is 0 Å². The Balaban J connectivity index is 0.809. The van der Waals surface area contributed by atoms with Gasteiger partial charge in [0.05, 0.1) is 16.7 Å². The minimum Gasteiger partial charge on any atom is -0.455 e. The summed E-state index contributed by atoms with van der Waals surface area (Å²) in [6.45, 7) is 0. The van der Waals surface area contributed by atoms with Crippen LogP contribution in [-0.2, 0) is 0 Å². The lowest BCUT2D eigenvalue weighted by atomic mass is 9.92. The van der Waals surface area contributed by atoms with Gasteiger partial charge in [-0.2, -0.15) is 0 Å². The van der Waals surface area contributed by atoms with E-state index in [0.717, 1.165) is 72.3 Å². The normalized spacial score (nSPS) is 11.7. The standard InChI is InChI=1S/C72H46N2O/c1-4-18-59-49(14-1)38-45-66-65-24-13-23-60(71(65)75-72(59)66)51-36-43-56(44-37-51)73(55-41-34-50(35-42-55)58-17-7-10-25-68(58)74-69-26-11-8-21-63(69)64-22-9-12-27-70(64)74)54-39-32-48(33-40-54)47-28-30-52(31-29-47)67-46-53-15-2-3-16-57(53)61-19-5-6-20-62(61)67/h1-46H. The van der Waals surface area contributed by atoms with Crippen molar-refractivity contribution in [3.05, 3.63) is 279 Å². The van der Waals surface area contributed by atoms with E-state index in [4.69, 9.17) is 4.42 Å². The van der Waals surface area contributed by atoms with E-state index < -0.39 is 0 Å². The van der Waals surface area contributed by atoms with E-state index in [1.807, 2.05) is 0 Å². The van der Waals surface area contributed by atoms with Crippen molar-refractivity contribution in [2.24, 2.45) is 0 Å². The number of hydrogen-bond acceptors (Lipinski definition) is 2. The topological polar surface area (TPSA) is 21.3 Å². The van der Waals surface area contributed by atoms with Gasteiger partial charge in [0, 0.05) is 55.1 Å². The quantitative estimate of drug-likeness (QED) is 0.142. The Kier molecular flexibility index (Phi) is 9.89. The summed E-state index contributed by atoms with van der Waals surface area (Å²) >= 11 is 0. The molecule has 2 heterocycles. The number of para-hydroxylation sites is 4. The number of anilines is 3. The Labute approximate surface area is 434 Å².